The van der Waals surface area contributed by atoms with E-state index in [1.807, 2.05) is 0 Å². The summed E-state index contributed by atoms with van der Waals surface area (Å²) in [5.74, 6) is -2.86. The van der Waals surface area contributed by atoms with Gasteiger partial charge in [-0.05, 0) is 37.3 Å². The van der Waals surface area contributed by atoms with Gasteiger partial charge in [0, 0.05) is 28.0 Å². The number of halogens is 4. The van der Waals surface area contributed by atoms with Gasteiger partial charge in [-0.3, -0.25) is 0 Å². The standard InChI is InChI=1S/C19H14ClF3N6/c1-8-17(24)26-19(27-18(8)25)29-15-5-2-9(20)6-11(15)14(28-29)7-10-12(21)3-4-13(22)16(10)23/h2-6H,7H2,1H3,(H4,24,25,26,27). The van der Waals surface area contributed by atoms with Crippen LogP contribution in [0.15, 0.2) is 30.3 Å². The Balaban J connectivity index is 1.93. The fraction of sp³-hybridized carbons (Fsp3) is 0.105. The third-order valence-corrected chi connectivity index (χ3v) is 4.84. The van der Waals surface area contributed by atoms with Crippen molar-refractivity contribution in [2.75, 3.05) is 11.5 Å². The summed E-state index contributed by atoms with van der Waals surface area (Å²) in [6.45, 7) is 1.68. The highest BCUT2D eigenvalue weighted by atomic mass is 35.5. The quantitative estimate of drug-likeness (QED) is 0.491. The number of rotatable bonds is 3. The van der Waals surface area contributed by atoms with Crippen molar-refractivity contribution in [3.8, 4) is 5.95 Å². The molecule has 0 atom stereocenters. The van der Waals surface area contributed by atoms with Gasteiger partial charge >= 0.3 is 0 Å². The van der Waals surface area contributed by atoms with Gasteiger partial charge in [-0.15, -0.1) is 0 Å². The molecule has 4 N–H and O–H groups in total. The van der Waals surface area contributed by atoms with Gasteiger partial charge in [-0.25, -0.2) is 13.2 Å². The zero-order valence-electron chi connectivity index (χ0n) is 15.0. The minimum atomic E-state index is -1.27. The molecule has 6 nitrogen and oxygen atoms in total. The van der Waals surface area contributed by atoms with E-state index in [1.54, 1.807) is 25.1 Å². The number of fused-ring (bicyclic) bond motifs is 1. The number of benzene rings is 2. The van der Waals surface area contributed by atoms with E-state index in [1.165, 1.54) is 4.68 Å². The van der Waals surface area contributed by atoms with Crippen molar-refractivity contribution in [1.82, 2.24) is 19.7 Å². The Labute approximate surface area is 167 Å². The molecular weight excluding hydrogens is 405 g/mol. The Morgan fingerprint density at radius 1 is 1.00 bits per heavy atom. The molecule has 0 bridgehead atoms. The molecular formula is C19H14ClF3N6. The Bertz CT molecular complexity index is 1250. The average molecular weight is 419 g/mol. The van der Waals surface area contributed by atoms with Crippen molar-refractivity contribution in [2.45, 2.75) is 13.3 Å². The topological polar surface area (TPSA) is 95.6 Å². The Hall–Kier alpha value is -3.33. The van der Waals surface area contributed by atoms with E-state index in [4.69, 9.17) is 23.1 Å². The van der Waals surface area contributed by atoms with Crippen molar-refractivity contribution in [1.29, 1.82) is 0 Å². The molecule has 148 valence electrons. The van der Waals surface area contributed by atoms with Gasteiger partial charge in [0.2, 0.25) is 0 Å². The van der Waals surface area contributed by atoms with Gasteiger partial charge in [0.1, 0.15) is 17.5 Å². The molecule has 4 rings (SSSR count). The summed E-state index contributed by atoms with van der Waals surface area (Å²) in [4.78, 5) is 8.38. The first-order chi connectivity index (χ1) is 13.8. The van der Waals surface area contributed by atoms with Crippen LogP contribution in [0.1, 0.15) is 16.8 Å². The summed E-state index contributed by atoms with van der Waals surface area (Å²) in [7, 11) is 0. The fourth-order valence-electron chi connectivity index (χ4n) is 2.97. The maximum absolute atomic E-state index is 14.2. The Morgan fingerprint density at radius 3 is 2.34 bits per heavy atom. The number of anilines is 2. The van der Waals surface area contributed by atoms with Crippen LogP contribution in [0.5, 0.6) is 0 Å². The maximum atomic E-state index is 14.2. The van der Waals surface area contributed by atoms with E-state index in [-0.39, 0.29) is 29.7 Å². The summed E-state index contributed by atoms with van der Waals surface area (Å²) in [6, 6.07) is 6.46. The Kier molecular flexibility index (Phi) is 4.54. The minimum absolute atomic E-state index is 0.0874. The highest BCUT2D eigenvalue weighted by Crippen LogP contribution is 2.28. The van der Waals surface area contributed by atoms with Crippen LogP contribution in [-0.4, -0.2) is 19.7 Å². The first-order valence-electron chi connectivity index (χ1n) is 8.45. The number of hydrogen-bond donors (Lipinski definition) is 2. The van der Waals surface area contributed by atoms with Crippen LogP contribution < -0.4 is 11.5 Å². The van der Waals surface area contributed by atoms with Gasteiger partial charge in [0.25, 0.3) is 5.95 Å². The first-order valence-corrected chi connectivity index (χ1v) is 8.83. The van der Waals surface area contributed by atoms with Gasteiger partial charge in [0.15, 0.2) is 11.6 Å². The lowest BCUT2D eigenvalue weighted by Gasteiger charge is -2.07. The molecule has 2 aromatic carbocycles. The molecule has 0 saturated heterocycles. The number of aromatic nitrogens is 4. The molecule has 29 heavy (non-hydrogen) atoms. The summed E-state index contributed by atoms with van der Waals surface area (Å²) >= 11 is 6.09. The molecule has 0 fully saturated rings. The largest absolute Gasteiger partial charge is 0.383 e. The number of hydrogen-bond acceptors (Lipinski definition) is 5. The van der Waals surface area contributed by atoms with Gasteiger partial charge in [-0.2, -0.15) is 19.7 Å². The number of nitrogen functional groups attached to an aromatic ring is 2. The zero-order valence-corrected chi connectivity index (χ0v) is 15.8. The van der Waals surface area contributed by atoms with Crippen LogP contribution in [0.4, 0.5) is 24.8 Å². The fourth-order valence-corrected chi connectivity index (χ4v) is 3.14. The molecule has 0 aliphatic carbocycles. The van der Waals surface area contributed by atoms with Crippen molar-refractivity contribution >= 4 is 34.1 Å². The second kappa shape index (κ2) is 6.93. The lowest BCUT2D eigenvalue weighted by molar-refractivity contribution is 0.482. The summed E-state index contributed by atoms with van der Waals surface area (Å²) < 4.78 is 43.3. The third kappa shape index (κ3) is 3.23. The molecule has 0 saturated carbocycles. The molecule has 0 aliphatic heterocycles. The zero-order chi connectivity index (χ0) is 20.9. The van der Waals surface area contributed by atoms with Gasteiger partial charge in [0.05, 0.1) is 11.2 Å². The van der Waals surface area contributed by atoms with E-state index in [0.29, 0.717) is 21.5 Å². The molecule has 0 aliphatic rings. The second-order valence-electron chi connectivity index (χ2n) is 6.44. The molecule has 0 amide bonds. The van der Waals surface area contributed by atoms with Crippen molar-refractivity contribution in [3.63, 3.8) is 0 Å². The van der Waals surface area contributed by atoms with Crippen molar-refractivity contribution in [2.24, 2.45) is 0 Å². The predicted octanol–water partition coefficient (Wildman–Crippen LogP) is 3.95. The highest BCUT2D eigenvalue weighted by molar-refractivity contribution is 6.31. The van der Waals surface area contributed by atoms with E-state index in [2.05, 4.69) is 15.1 Å². The molecule has 0 spiro atoms. The predicted molar refractivity (Wildman–Crippen MR) is 104 cm³/mol. The maximum Gasteiger partial charge on any atom is 0.255 e. The molecule has 10 heteroatoms. The van der Waals surface area contributed by atoms with E-state index in [0.717, 1.165) is 12.1 Å². The lowest BCUT2D eigenvalue weighted by atomic mass is 10.1. The van der Waals surface area contributed by atoms with E-state index in [9.17, 15) is 13.2 Å². The SMILES string of the molecule is Cc1c(N)nc(-n2nc(Cc3c(F)ccc(F)c3F)c3cc(Cl)ccc32)nc1N. The van der Waals surface area contributed by atoms with E-state index < -0.39 is 23.0 Å². The minimum Gasteiger partial charge on any atom is -0.383 e. The first kappa shape index (κ1) is 19.0. The van der Waals surface area contributed by atoms with Gasteiger partial charge < -0.3 is 11.5 Å². The van der Waals surface area contributed by atoms with Crippen LogP contribution in [0, 0.1) is 24.4 Å². The monoisotopic (exact) mass is 418 g/mol. The molecule has 4 aromatic rings. The van der Waals surface area contributed by atoms with Gasteiger partial charge in [-0.1, -0.05) is 11.6 Å². The van der Waals surface area contributed by atoms with Crippen LogP contribution in [0.25, 0.3) is 16.9 Å². The summed E-state index contributed by atoms with van der Waals surface area (Å²) in [5, 5.41) is 5.28. The average Bonchev–Trinajstić information content (AvgIpc) is 3.03. The highest BCUT2D eigenvalue weighted by Gasteiger charge is 2.20. The van der Waals surface area contributed by atoms with Crippen LogP contribution in [-0.2, 0) is 6.42 Å². The van der Waals surface area contributed by atoms with Crippen LogP contribution in [0.3, 0.4) is 0 Å². The number of nitrogens with zero attached hydrogens (tertiary/aromatic N) is 4. The van der Waals surface area contributed by atoms with Crippen LogP contribution in [0.2, 0.25) is 5.02 Å². The number of nitrogens with two attached hydrogens (primary N) is 2. The second-order valence-corrected chi connectivity index (χ2v) is 6.87. The van der Waals surface area contributed by atoms with E-state index >= 15 is 0 Å². The summed E-state index contributed by atoms with van der Waals surface area (Å²) in [5.41, 5.74) is 12.6. The lowest BCUT2D eigenvalue weighted by Crippen LogP contribution is -2.10. The third-order valence-electron chi connectivity index (χ3n) is 4.60. The smallest absolute Gasteiger partial charge is 0.255 e. The van der Waals surface area contributed by atoms with Crippen LogP contribution >= 0.6 is 11.6 Å². The Morgan fingerprint density at radius 2 is 1.66 bits per heavy atom. The van der Waals surface area contributed by atoms with Crippen molar-refractivity contribution < 1.29 is 13.2 Å². The normalized spacial score (nSPS) is 11.3. The summed E-state index contributed by atoms with van der Waals surface area (Å²) in [6.07, 6.45) is -0.309. The molecule has 0 radical (unpaired) electrons. The molecule has 0 unspecified atom stereocenters. The molecule has 2 aromatic heterocycles. The van der Waals surface area contributed by atoms with Crippen molar-refractivity contribution in [3.05, 3.63) is 69.6 Å². The molecule has 2 heterocycles.